The molecule has 32 heavy (non-hydrogen) atoms. The molecule has 0 fully saturated rings. The standard InChI is InChI=1S/C23H15N3O5S/c27-20(13-5-10-18-19(11-13)31-12-30-18)25-23(32)24-14-6-8-15(9-7-14)26-21(28)16-3-1-2-4-17(16)22(26)29/h1-11H,12H2,(H2,24,25,27,32). The number of ether oxygens (including phenoxy) is 2. The zero-order valence-electron chi connectivity index (χ0n) is 16.5. The Morgan fingerprint density at radius 1 is 0.875 bits per heavy atom. The quantitative estimate of drug-likeness (QED) is 0.471. The van der Waals surface area contributed by atoms with Gasteiger partial charge < -0.3 is 14.8 Å². The number of nitrogens with one attached hydrogen (secondary N) is 2. The molecule has 2 aliphatic rings. The van der Waals surface area contributed by atoms with E-state index < -0.39 is 5.91 Å². The molecule has 5 rings (SSSR count). The van der Waals surface area contributed by atoms with Crippen LogP contribution in [0.2, 0.25) is 0 Å². The summed E-state index contributed by atoms with van der Waals surface area (Å²) in [7, 11) is 0. The van der Waals surface area contributed by atoms with E-state index in [4.69, 9.17) is 21.7 Å². The first-order chi connectivity index (χ1) is 15.5. The molecule has 0 aromatic heterocycles. The van der Waals surface area contributed by atoms with Gasteiger partial charge in [-0.25, -0.2) is 4.90 Å². The van der Waals surface area contributed by atoms with Gasteiger partial charge in [-0.1, -0.05) is 12.1 Å². The number of carbonyl (C=O) groups is 3. The van der Waals surface area contributed by atoms with E-state index in [0.29, 0.717) is 39.6 Å². The Morgan fingerprint density at radius 3 is 2.22 bits per heavy atom. The number of imide groups is 1. The normalized spacial score (nSPS) is 13.7. The van der Waals surface area contributed by atoms with Crippen molar-refractivity contribution in [3.8, 4) is 11.5 Å². The number of rotatable bonds is 3. The second-order valence-corrected chi connectivity index (χ2v) is 7.42. The van der Waals surface area contributed by atoms with Crippen LogP contribution in [0, 0.1) is 0 Å². The Labute approximate surface area is 187 Å². The number of amides is 3. The van der Waals surface area contributed by atoms with Gasteiger partial charge in [0.2, 0.25) is 6.79 Å². The van der Waals surface area contributed by atoms with E-state index in [1.165, 1.54) is 0 Å². The van der Waals surface area contributed by atoms with Crippen LogP contribution in [0.3, 0.4) is 0 Å². The molecule has 2 aliphatic heterocycles. The van der Waals surface area contributed by atoms with Crippen LogP contribution < -0.4 is 25.0 Å². The van der Waals surface area contributed by atoms with Gasteiger partial charge in [0.25, 0.3) is 17.7 Å². The molecule has 0 radical (unpaired) electrons. The number of hydrogen-bond acceptors (Lipinski definition) is 6. The number of benzene rings is 3. The summed E-state index contributed by atoms with van der Waals surface area (Å²) in [4.78, 5) is 38.8. The highest BCUT2D eigenvalue weighted by molar-refractivity contribution is 7.80. The first-order valence-corrected chi connectivity index (χ1v) is 10.0. The molecule has 3 aromatic rings. The van der Waals surface area contributed by atoms with E-state index in [1.807, 2.05) is 0 Å². The molecule has 8 nitrogen and oxygen atoms in total. The molecule has 9 heteroatoms. The first kappa shape index (κ1) is 19.7. The van der Waals surface area contributed by atoms with Crippen molar-refractivity contribution in [3.63, 3.8) is 0 Å². The molecular weight excluding hydrogens is 430 g/mol. The summed E-state index contributed by atoms with van der Waals surface area (Å²) in [5.74, 6) is -0.0419. The van der Waals surface area contributed by atoms with Gasteiger partial charge in [0.05, 0.1) is 16.8 Å². The van der Waals surface area contributed by atoms with Crippen LogP contribution in [0.1, 0.15) is 31.1 Å². The number of nitrogens with zero attached hydrogens (tertiary/aromatic N) is 1. The van der Waals surface area contributed by atoms with Crippen LogP contribution in [0.5, 0.6) is 11.5 Å². The lowest BCUT2D eigenvalue weighted by molar-refractivity contribution is 0.0923. The third-order valence-corrected chi connectivity index (χ3v) is 5.24. The summed E-state index contributed by atoms with van der Waals surface area (Å²) >= 11 is 5.22. The molecule has 2 heterocycles. The van der Waals surface area contributed by atoms with Gasteiger partial charge in [-0.3, -0.25) is 19.7 Å². The van der Waals surface area contributed by atoms with Crippen molar-refractivity contribution >= 4 is 46.4 Å². The maximum absolute atomic E-state index is 12.6. The summed E-state index contributed by atoms with van der Waals surface area (Å²) in [6.07, 6.45) is 0. The lowest BCUT2D eigenvalue weighted by atomic mass is 10.1. The van der Waals surface area contributed by atoms with Crippen LogP contribution in [0.4, 0.5) is 11.4 Å². The zero-order valence-corrected chi connectivity index (χ0v) is 17.3. The first-order valence-electron chi connectivity index (χ1n) is 9.61. The number of fused-ring (bicyclic) bond motifs is 2. The Hall–Kier alpha value is -4.24. The fourth-order valence-corrected chi connectivity index (χ4v) is 3.70. The topological polar surface area (TPSA) is 97.0 Å². The number of anilines is 2. The Balaban J connectivity index is 1.24. The largest absolute Gasteiger partial charge is 0.454 e. The van der Waals surface area contributed by atoms with Crippen molar-refractivity contribution < 1.29 is 23.9 Å². The Bertz CT molecular complexity index is 1250. The third kappa shape index (κ3) is 3.44. The Kier molecular flexibility index (Phi) is 4.79. The van der Waals surface area contributed by atoms with Crippen LogP contribution in [-0.2, 0) is 0 Å². The van der Waals surface area contributed by atoms with Gasteiger partial charge in [0, 0.05) is 11.3 Å². The van der Waals surface area contributed by atoms with E-state index in [2.05, 4.69) is 10.6 Å². The van der Waals surface area contributed by atoms with Crippen LogP contribution >= 0.6 is 12.2 Å². The van der Waals surface area contributed by atoms with Crippen molar-refractivity contribution in [2.45, 2.75) is 0 Å². The summed E-state index contributed by atoms with van der Waals surface area (Å²) in [6, 6.07) is 18.2. The molecule has 0 bridgehead atoms. The van der Waals surface area contributed by atoms with Crippen LogP contribution in [0.15, 0.2) is 66.7 Å². The highest BCUT2D eigenvalue weighted by Gasteiger charge is 2.36. The lowest BCUT2D eigenvalue weighted by Crippen LogP contribution is -2.34. The number of thiocarbonyl (C=S) groups is 1. The van der Waals surface area contributed by atoms with Gasteiger partial charge in [-0.15, -0.1) is 0 Å². The molecule has 3 amide bonds. The highest BCUT2D eigenvalue weighted by Crippen LogP contribution is 2.32. The van der Waals surface area contributed by atoms with E-state index in [9.17, 15) is 14.4 Å². The predicted octanol–water partition coefficient (Wildman–Crippen LogP) is 3.34. The fraction of sp³-hybridized carbons (Fsp3) is 0.0435. The molecule has 3 aromatic carbocycles. The smallest absolute Gasteiger partial charge is 0.266 e. The lowest BCUT2D eigenvalue weighted by Gasteiger charge is -2.15. The minimum absolute atomic E-state index is 0.0983. The van der Waals surface area contributed by atoms with Crippen molar-refractivity contribution in [1.82, 2.24) is 5.32 Å². The fourth-order valence-electron chi connectivity index (χ4n) is 3.49. The van der Waals surface area contributed by atoms with Crippen molar-refractivity contribution in [1.29, 1.82) is 0 Å². The van der Waals surface area contributed by atoms with Gasteiger partial charge in [-0.2, -0.15) is 0 Å². The second-order valence-electron chi connectivity index (χ2n) is 7.01. The molecule has 0 atom stereocenters. The van der Waals surface area contributed by atoms with E-state index in [1.54, 1.807) is 66.7 Å². The molecule has 2 N–H and O–H groups in total. The molecule has 0 spiro atoms. The summed E-state index contributed by atoms with van der Waals surface area (Å²) in [5.41, 5.74) is 2.16. The molecule has 0 unspecified atom stereocenters. The maximum Gasteiger partial charge on any atom is 0.266 e. The minimum Gasteiger partial charge on any atom is -0.454 e. The summed E-state index contributed by atoms with van der Waals surface area (Å²) < 4.78 is 10.5. The highest BCUT2D eigenvalue weighted by atomic mass is 32.1. The predicted molar refractivity (Wildman–Crippen MR) is 120 cm³/mol. The van der Waals surface area contributed by atoms with Crippen LogP contribution in [-0.4, -0.2) is 29.6 Å². The average molecular weight is 445 g/mol. The zero-order chi connectivity index (χ0) is 22.2. The Morgan fingerprint density at radius 2 is 1.53 bits per heavy atom. The summed E-state index contributed by atoms with van der Waals surface area (Å²) in [6.45, 7) is 0.122. The minimum atomic E-state index is -0.400. The van der Waals surface area contributed by atoms with Crippen molar-refractivity contribution in [2.75, 3.05) is 17.0 Å². The summed E-state index contributed by atoms with van der Waals surface area (Å²) in [5, 5.41) is 5.60. The van der Waals surface area contributed by atoms with Crippen molar-refractivity contribution in [2.24, 2.45) is 0 Å². The van der Waals surface area contributed by atoms with Crippen LogP contribution in [0.25, 0.3) is 0 Å². The van der Waals surface area contributed by atoms with E-state index >= 15 is 0 Å². The van der Waals surface area contributed by atoms with E-state index in [0.717, 1.165) is 4.90 Å². The molecule has 158 valence electrons. The number of carbonyl (C=O) groups excluding carboxylic acids is 3. The molecule has 0 saturated heterocycles. The molecular formula is C23H15N3O5S. The monoisotopic (exact) mass is 445 g/mol. The SMILES string of the molecule is O=C(NC(=S)Nc1ccc(N2C(=O)c3ccccc3C2=O)cc1)c1ccc2c(c1)OCO2. The van der Waals surface area contributed by atoms with Gasteiger partial charge in [0.15, 0.2) is 16.6 Å². The average Bonchev–Trinajstić information content (AvgIpc) is 3.37. The maximum atomic E-state index is 12.6. The molecule has 0 aliphatic carbocycles. The number of hydrogen-bond donors (Lipinski definition) is 2. The molecule has 0 saturated carbocycles. The third-order valence-electron chi connectivity index (χ3n) is 5.04. The van der Waals surface area contributed by atoms with E-state index in [-0.39, 0.29) is 23.7 Å². The second kappa shape index (κ2) is 7.78. The van der Waals surface area contributed by atoms with Gasteiger partial charge >= 0.3 is 0 Å². The van der Waals surface area contributed by atoms with Gasteiger partial charge in [-0.05, 0) is 66.8 Å². The van der Waals surface area contributed by atoms with Gasteiger partial charge in [0.1, 0.15) is 0 Å². The van der Waals surface area contributed by atoms with Crippen molar-refractivity contribution in [3.05, 3.63) is 83.4 Å².